The number of likely N-dealkylation sites (N-methyl/N-ethyl adjacent to an activating group) is 2. The summed E-state index contributed by atoms with van der Waals surface area (Å²) in [6, 6.07) is -0.333. The Morgan fingerprint density at radius 2 is 1.95 bits per heavy atom. The Balaban J connectivity index is 4.27. The van der Waals surface area contributed by atoms with Crippen LogP contribution in [0.3, 0.4) is 0 Å². The van der Waals surface area contributed by atoms with Crippen LogP contribution in [0.25, 0.3) is 0 Å². The lowest BCUT2D eigenvalue weighted by atomic mass is 9.89. The van der Waals surface area contributed by atoms with Gasteiger partial charge in [0.25, 0.3) is 0 Å². The molecule has 0 aromatic carbocycles. The summed E-state index contributed by atoms with van der Waals surface area (Å²) in [5.41, 5.74) is 4.38. The fourth-order valence-electron chi connectivity index (χ4n) is 2.27. The number of hydrogen-bond donors (Lipinski definition) is 4. The molecule has 6 nitrogen and oxygen atoms in total. The molecule has 0 aliphatic carbocycles. The van der Waals surface area contributed by atoms with E-state index in [0.29, 0.717) is 25.8 Å². The molecule has 6 heteroatoms. The van der Waals surface area contributed by atoms with E-state index in [4.69, 9.17) is 5.73 Å². The molecule has 0 heterocycles. The molecule has 5 N–H and O–H groups in total. The zero-order chi connectivity index (χ0) is 14.9. The van der Waals surface area contributed by atoms with E-state index in [-0.39, 0.29) is 11.9 Å². The fourth-order valence-corrected chi connectivity index (χ4v) is 2.27. The zero-order valence-corrected chi connectivity index (χ0v) is 12.2. The van der Waals surface area contributed by atoms with E-state index in [0.717, 1.165) is 12.8 Å². The minimum absolute atomic E-state index is 0.333. The van der Waals surface area contributed by atoms with Gasteiger partial charge in [0.15, 0.2) is 0 Å². The molecule has 0 aliphatic rings. The quantitative estimate of drug-likeness (QED) is 0.409. The summed E-state index contributed by atoms with van der Waals surface area (Å²) in [4.78, 5) is 22.4. The lowest BCUT2D eigenvalue weighted by molar-refractivity contribution is -0.145. The number of carboxylic acid groups (broad SMARTS) is 1. The van der Waals surface area contributed by atoms with Crippen molar-refractivity contribution in [1.82, 2.24) is 10.6 Å². The van der Waals surface area contributed by atoms with Gasteiger partial charge in [0, 0.05) is 0 Å². The van der Waals surface area contributed by atoms with Crippen molar-refractivity contribution in [2.45, 2.75) is 57.5 Å². The van der Waals surface area contributed by atoms with Gasteiger partial charge in [-0.3, -0.25) is 9.59 Å². The molecule has 19 heavy (non-hydrogen) atoms. The van der Waals surface area contributed by atoms with Crippen molar-refractivity contribution in [1.29, 1.82) is 0 Å². The Morgan fingerprint density at radius 1 is 1.32 bits per heavy atom. The Morgan fingerprint density at radius 3 is 2.32 bits per heavy atom. The fraction of sp³-hybridized carbons (Fsp3) is 0.846. The van der Waals surface area contributed by atoms with Crippen molar-refractivity contribution in [3.63, 3.8) is 0 Å². The molecule has 0 fully saturated rings. The molecule has 2 unspecified atom stereocenters. The third kappa shape index (κ3) is 5.57. The van der Waals surface area contributed by atoms with E-state index in [1.54, 1.807) is 7.05 Å². The molecule has 0 rings (SSSR count). The van der Waals surface area contributed by atoms with Gasteiger partial charge in [-0.05, 0) is 32.9 Å². The number of nitrogens with two attached hydrogens (primary N) is 1. The van der Waals surface area contributed by atoms with Crippen LogP contribution in [0.1, 0.15) is 46.0 Å². The molecule has 112 valence electrons. The predicted octanol–water partition coefficient (Wildman–Crippen LogP) is 0.463. The summed E-state index contributed by atoms with van der Waals surface area (Å²) in [5.74, 6) is -1.17. The molecule has 0 bridgehead atoms. The first-order valence-electron chi connectivity index (χ1n) is 6.88. The lowest BCUT2D eigenvalue weighted by Gasteiger charge is -2.29. The third-order valence-corrected chi connectivity index (χ3v) is 3.57. The average Bonchev–Trinajstić information content (AvgIpc) is 2.36. The second-order valence-electron chi connectivity index (χ2n) is 4.76. The number of carbonyl (C=O) groups is 2. The Labute approximate surface area is 115 Å². The topological polar surface area (TPSA) is 104 Å². The highest BCUT2D eigenvalue weighted by Gasteiger charge is 2.34. The maximum Gasteiger partial charge on any atom is 0.323 e. The van der Waals surface area contributed by atoms with Gasteiger partial charge in [0.1, 0.15) is 5.54 Å². The summed E-state index contributed by atoms with van der Waals surface area (Å²) >= 11 is 0. The van der Waals surface area contributed by atoms with E-state index in [1.807, 2.05) is 13.8 Å². The summed E-state index contributed by atoms with van der Waals surface area (Å²) in [5, 5.41) is 15.3. The van der Waals surface area contributed by atoms with Crippen molar-refractivity contribution in [3.05, 3.63) is 0 Å². The summed E-state index contributed by atoms with van der Waals surface area (Å²) in [6.45, 7) is 4.40. The maximum absolute atomic E-state index is 11.4. The molecule has 0 aromatic rings. The Kier molecular flexibility index (Phi) is 8.34. The minimum atomic E-state index is -0.851. The minimum Gasteiger partial charge on any atom is -0.480 e. The molecule has 1 amide bonds. The van der Waals surface area contributed by atoms with Gasteiger partial charge in [-0.2, -0.15) is 0 Å². The summed E-state index contributed by atoms with van der Waals surface area (Å²) in [7, 11) is 1.70. The maximum atomic E-state index is 11.4. The van der Waals surface area contributed by atoms with Crippen LogP contribution < -0.4 is 16.4 Å². The number of primary amides is 1. The molecular formula is C13H27N3O3. The predicted molar refractivity (Wildman–Crippen MR) is 74.8 cm³/mol. The summed E-state index contributed by atoms with van der Waals surface area (Å²) < 4.78 is 0. The van der Waals surface area contributed by atoms with Gasteiger partial charge in [-0.25, -0.2) is 0 Å². The van der Waals surface area contributed by atoms with Crippen LogP contribution in [0, 0.1) is 0 Å². The van der Waals surface area contributed by atoms with Crippen LogP contribution in [0.15, 0.2) is 0 Å². The van der Waals surface area contributed by atoms with Gasteiger partial charge in [0.05, 0.1) is 6.04 Å². The first-order chi connectivity index (χ1) is 8.93. The first-order valence-corrected chi connectivity index (χ1v) is 6.88. The number of nitrogens with one attached hydrogen (secondary N) is 2. The second kappa shape index (κ2) is 8.87. The molecule has 0 saturated carbocycles. The van der Waals surface area contributed by atoms with Gasteiger partial charge in [-0.1, -0.05) is 26.7 Å². The van der Waals surface area contributed by atoms with Gasteiger partial charge < -0.3 is 21.5 Å². The molecule has 0 radical (unpaired) electrons. The number of rotatable bonds is 11. The van der Waals surface area contributed by atoms with Crippen LogP contribution in [-0.4, -0.2) is 42.2 Å². The molecule has 0 aliphatic heterocycles. The second-order valence-corrected chi connectivity index (χ2v) is 4.76. The van der Waals surface area contributed by atoms with Crippen LogP contribution in [0.4, 0.5) is 0 Å². The van der Waals surface area contributed by atoms with Crippen molar-refractivity contribution in [2.75, 3.05) is 13.6 Å². The monoisotopic (exact) mass is 273 g/mol. The van der Waals surface area contributed by atoms with Gasteiger partial charge in [0.2, 0.25) is 5.91 Å². The van der Waals surface area contributed by atoms with E-state index in [9.17, 15) is 14.7 Å². The van der Waals surface area contributed by atoms with Crippen molar-refractivity contribution in [2.24, 2.45) is 5.73 Å². The van der Waals surface area contributed by atoms with Crippen molar-refractivity contribution < 1.29 is 14.7 Å². The summed E-state index contributed by atoms with van der Waals surface area (Å²) in [6.07, 6.45) is 3.26. The first kappa shape index (κ1) is 17.9. The Hall–Kier alpha value is -1.14. The van der Waals surface area contributed by atoms with Crippen molar-refractivity contribution in [3.8, 4) is 0 Å². The normalized spacial score (nSPS) is 15.7. The van der Waals surface area contributed by atoms with Crippen LogP contribution in [0.2, 0.25) is 0 Å². The highest BCUT2D eigenvalue weighted by atomic mass is 16.4. The highest BCUT2D eigenvalue weighted by molar-refractivity contribution is 5.79. The highest BCUT2D eigenvalue weighted by Crippen LogP contribution is 2.20. The molecular weight excluding hydrogens is 246 g/mol. The smallest absolute Gasteiger partial charge is 0.323 e. The average molecular weight is 273 g/mol. The van der Waals surface area contributed by atoms with E-state index in [2.05, 4.69) is 10.6 Å². The SMILES string of the molecule is CCNC(CC)(CCCCC(NC)C(N)=O)C(=O)O. The molecule has 2 atom stereocenters. The number of carbonyl (C=O) groups excluding carboxylic acids is 1. The van der Waals surface area contributed by atoms with Crippen LogP contribution in [-0.2, 0) is 9.59 Å². The van der Waals surface area contributed by atoms with E-state index < -0.39 is 11.5 Å². The third-order valence-electron chi connectivity index (χ3n) is 3.57. The number of carboxylic acids is 1. The number of aliphatic carboxylic acids is 1. The lowest BCUT2D eigenvalue weighted by Crippen LogP contribution is -2.51. The van der Waals surface area contributed by atoms with Gasteiger partial charge in [-0.15, -0.1) is 0 Å². The zero-order valence-electron chi connectivity index (χ0n) is 12.2. The number of amides is 1. The van der Waals surface area contributed by atoms with Crippen LogP contribution in [0.5, 0.6) is 0 Å². The van der Waals surface area contributed by atoms with E-state index in [1.165, 1.54) is 0 Å². The number of unbranched alkanes of at least 4 members (excludes halogenated alkanes) is 1. The molecule has 0 saturated heterocycles. The standard InChI is InChI=1S/C13H27N3O3/c1-4-13(12(18)19,16-5-2)9-7-6-8-10(15-3)11(14)17/h10,15-16H,4-9H2,1-3H3,(H2,14,17)(H,18,19). The largest absolute Gasteiger partial charge is 0.480 e. The molecule has 0 aromatic heterocycles. The Bertz CT molecular complexity index is 297. The van der Waals surface area contributed by atoms with Crippen molar-refractivity contribution >= 4 is 11.9 Å². The van der Waals surface area contributed by atoms with Crippen LogP contribution >= 0.6 is 0 Å². The number of hydrogen-bond acceptors (Lipinski definition) is 4. The van der Waals surface area contributed by atoms with Gasteiger partial charge >= 0.3 is 5.97 Å². The molecule has 0 spiro atoms. The van der Waals surface area contributed by atoms with E-state index >= 15 is 0 Å².